The van der Waals surface area contributed by atoms with Gasteiger partial charge in [0.05, 0.1) is 12.8 Å². The summed E-state index contributed by atoms with van der Waals surface area (Å²) in [6.07, 6.45) is 0.0411. The Hall–Kier alpha value is -3.51. The first kappa shape index (κ1) is 23.2. The fourth-order valence-corrected chi connectivity index (χ4v) is 3.27. The van der Waals surface area contributed by atoms with Crippen molar-refractivity contribution < 1.29 is 19.1 Å². The second kappa shape index (κ2) is 10.7. The fraction of sp³-hybridized carbons (Fsp3) is 0.200. The van der Waals surface area contributed by atoms with Gasteiger partial charge in [-0.2, -0.15) is 0 Å². The molecule has 0 bridgehead atoms. The lowest BCUT2D eigenvalue weighted by molar-refractivity contribution is -0.122. The molecular weight excluding hydrogens is 428 g/mol. The molecule has 0 fully saturated rings. The number of anilines is 2. The first-order valence-electron chi connectivity index (χ1n) is 10.2. The lowest BCUT2D eigenvalue weighted by Gasteiger charge is -2.16. The van der Waals surface area contributed by atoms with Crippen LogP contribution in [0.4, 0.5) is 11.4 Å². The van der Waals surface area contributed by atoms with Crippen LogP contribution in [0.3, 0.4) is 0 Å². The molecule has 0 saturated heterocycles. The Morgan fingerprint density at radius 3 is 2.38 bits per heavy atom. The number of para-hydroxylation sites is 1. The molecule has 0 radical (unpaired) electrons. The molecule has 1 atom stereocenters. The van der Waals surface area contributed by atoms with Crippen molar-refractivity contribution in [2.75, 3.05) is 17.7 Å². The van der Waals surface area contributed by atoms with E-state index in [-0.39, 0.29) is 11.8 Å². The van der Waals surface area contributed by atoms with E-state index in [1.165, 1.54) is 7.11 Å². The molecule has 0 aliphatic heterocycles. The highest BCUT2D eigenvalue weighted by Gasteiger charge is 2.17. The minimum absolute atomic E-state index is 0.212. The average Bonchev–Trinajstić information content (AvgIpc) is 2.80. The normalized spacial score (nSPS) is 11.4. The molecule has 2 amide bonds. The summed E-state index contributed by atoms with van der Waals surface area (Å²) in [5.74, 6) is 0.394. The number of carbonyl (C=O) groups excluding carboxylic acids is 2. The number of hydrogen-bond donors (Lipinski definition) is 2. The Kier molecular flexibility index (Phi) is 7.73. The van der Waals surface area contributed by atoms with Crippen LogP contribution in [0.15, 0.2) is 66.7 Å². The zero-order valence-corrected chi connectivity index (χ0v) is 18.9. The van der Waals surface area contributed by atoms with Crippen molar-refractivity contribution in [3.05, 3.63) is 82.9 Å². The smallest absolute Gasteiger partial charge is 0.265 e. The minimum atomic E-state index is -0.783. The van der Waals surface area contributed by atoms with Gasteiger partial charge in [-0.25, -0.2) is 0 Å². The Labute approximate surface area is 192 Å². The molecule has 3 rings (SSSR count). The number of hydrogen-bond acceptors (Lipinski definition) is 4. The number of aryl methyl sites for hydroxylation is 1. The van der Waals surface area contributed by atoms with Crippen molar-refractivity contribution in [3.63, 3.8) is 0 Å². The number of amides is 2. The third kappa shape index (κ3) is 5.80. The van der Waals surface area contributed by atoms with E-state index in [1.807, 2.05) is 31.2 Å². The van der Waals surface area contributed by atoms with Crippen molar-refractivity contribution in [2.45, 2.75) is 26.4 Å². The SMILES string of the molecule is CCc1ccccc1NC(=O)c1ccc(OC(C)C(=O)Nc2cc(Cl)ccc2OC)cc1. The van der Waals surface area contributed by atoms with Crippen LogP contribution < -0.4 is 20.1 Å². The van der Waals surface area contributed by atoms with Gasteiger partial charge in [-0.05, 0) is 67.4 Å². The first-order chi connectivity index (χ1) is 15.4. The predicted octanol–water partition coefficient (Wildman–Crippen LogP) is 5.57. The monoisotopic (exact) mass is 452 g/mol. The van der Waals surface area contributed by atoms with Crippen LogP contribution in [-0.2, 0) is 11.2 Å². The maximum Gasteiger partial charge on any atom is 0.265 e. The predicted molar refractivity (Wildman–Crippen MR) is 127 cm³/mol. The highest BCUT2D eigenvalue weighted by molar-refractivity contribution is 6.31. The zero-order valence-electron chi connectivity index (χ0n) is 18.1. The van der Waals surface area contributed by atoms with Gasteiger partial charge in [0.15, 0.2) is 6.10 Å². The molecule has 0 aliphatic rings. The third-order valence-electron chi connectivity index (χ3n) is 4.86. The summed E-state index contributed by atoms with van der Waals surface area (Å²) in [6, 6.07) is 19.3. The molecule has 6 nitrogen and oxygen atoms in total. The topological polar surface area (TPSA) is 76.7 Å². The van der Waals surface area contributed by atoms with Gasteiger partial charge in [0.25, 0.3) is 11.8 Å². The van der Waals surface area contributed by atoms with Gasteiger partial charge in [-0.15, -0.1) is 0 Å². The van der Waals surface area contributed by atoms with Crippen LogP contribution in [-0.4, -0.2) is 25.0 Å². The average molecular weight is 453 g/mol. The summed E-state index contributed by atoms with van der Waals surface area (Å²) in [4.78, 5) is 25.1. The van der Waals surface area contributed by atoms with Gasteiger partial charge in [-0.3, -0.25) is 9.59 Å². The summed E-state index contributed by atoms with van der Waals surface area (Å²) < 4.78 is 11.0. The zero-order chi connectivity index (χ0) is 23.1. The van der Waals surface area contributed by atoms with Gasteiger partial charge < -0.3 is 20.1 Å². The first-order valence-corrected chi connectivity index (χ1v) is 10.6. The number of nitrogens with one attached hydrogen (secondary N) is 2. The van der Waals surface area contributed by atoms with Gasteiger partial charge in [0, 0.05) is 16.3 Å². The van der Waals surface area contributed by atoms with Crippen LogP contribution in [0.5, 0.6) is 11.5 Å². The van der Waals surface area contributed by atoms with E-state index in [1.54, 1.807) is 49.4 Å². The van der Waals surface area contributed by atoms with Crippen molar-refractivity contribution in [2.24, 2.45) is 0 Å². The Balaban J connectivity index is 1.62. The number of methoxy groups -OCH3 is 1. The van der Waals surface area contributed by atoms with Crippen molar-refractivity contribution in [3.8, 4) is 11.5 Å². The van der Waals surface area contributed by atoms with Crippen LogP contribution in [0.2, 0.25) is 5.02 Å². The molecule has 166 valence electrons. The fourth-order valence-electron chi connectivity index (χ4n) is 3.10. The summed E-state index contributed by atoms with van der Waals surface area (Å²) in [7, 11) is 1.51. The Morgan fingerprint density at radius 1 is 0.969 bits per heavy atom. The Morgan fingerprint density at radius 2 is 1.69 bits per heavy atom. The third-order valence-corrected chi connectivity index (χ3v) is 5.10. The van der Waals surface area contributed by atoms with Crippen LogP contribution in [0.1, 0.15) is 29.8 Å². The minimum Gasteiger partial charge on any atom is -0.495 e. The number of ether oxygens (including phenoxy) is 2. The quantitative estimate of drug-likeness (QED) is 0.468. The second-order valence-electron chi connectivity index (χ2n) is 7.08. The molecule has 0 aliphatic carbocycles. The van der Waals surface area contributed by atoms with Gasteiger partial charge in [0.1, 0.15) is 11.5 Å². The van der Waals surface area contributed by atoms with E-state index in [4.69, 9.17) is 21.1 Å². The molecule has 0 aromatic heterocycles. The van der Waals surface area contributed by atoms with Crippen molar-refractivity contribution in [1.82, 2.24) is 0 Å². The summed E-state index contributed by atoms with van der Waals surface area (Å²) in [5.41, 5.74) is 2.81. The molecule has 0 saturated carbocycles. The molecule has 0 spiro atoms. The van der Waals surface area contributed by atoms with E-state index < -0.39 is 6.10 Å². The van der Waals surface area contributed by atoms with Gasteiger partial charge >= 0.3 is 0 Å². The van der Waals surface area contributed by atoms with E-state index >= 15 is 0 Å². The van der Waals surface area contributed by atoms with Gasteiger partial charge in [0.2, 0.25) is 0 Å². The second-order valence-corrected chi connectivity index (χ2v) is 7.52. The van der Waals surface area contributed by atoms with E-state index in [0.717, 1.165) is 17.7 Å². The standard InChI is InChI=1S/C25H25ClN2O4/c1-4-17-7-5-6-8-21(17)27-25(30)18-9-12-20(13-10-18)32-16(2)24(29)28-22-15-19(26)11-14-23(22)31-3/h5-16H,4H2,1-3H3,(H,27,30)(H,28,29). The maximum absolute atomic E-state index is 12.6. The van der Waals surface area contributed by atoms with Crippen LogP contribution in [0.25, 0.3) is 0 Å². The maximum atomic E-state index is 12.6. The molecular formula is C25H25ClN2O4. The molecule has 7 heteroatoms. The number of halogens is 1. The molecule has 2 N–H and O–H groups in total. The van der Waals surface area contributed by atoms with Crippen molar-refractivity contribution in [1.29, 1.82) is 0 Å². The largest absolute Gasteiger partial charge is 0.495 e. The summed E-state index contributed by atoms with van der Waals surface area (Å²) >= 11 is 6.00. The van der Waals surface area contributed by atoms with Crippen molar-refractivity contribution >= 4 is 34.8 Å². The molecule has 0 heterocycles. The van der Waals surface area contributed by atoms with E-state index in [0.29, 0.717) is 27.8 Å². The molecule has 32 heavy (non-hydrogen) atoms. The number of benzene rings is 3. The number of rotatable bonds is 8. The van der Waals surface area contributed by atoms with E-state index in [2.05, 4.69) is 10.6 Å². The summed E-state index contributed by atoms with van der Waals surface area (Å²) in [5, 5.41) is 6.16. The summed E-state index contributed by atoms with van der Waals surface area (Å²) in [6.45, 7) is 3.67. The molecule has 1 unspecified atom stereocenters. The number of carbonyl (C=O) groups is 2. The van der Waals surface area contributed by atoms with Crippen LogP contribution in [0, 0.1) is 0 Å². The highest BCUT2D eigenvalue weighted by atomic mass is 35.5. The Bertz CT molecular complexity index is 1100. The lowest BCUT2D eigenvalue weighted by atomic mass is 10.1. The van der Waals surface area contributed by atoms with Gasteiger partial charge in [-0.1, -0.05) is 36.7 Å². The highest BCUT2D eigenvalue weighted by Crippen LogP contribution is 2.28. The lowest BCUT2D eigenvalue weighted by Crippen LogP contribution is -2.30. The van der Waals surface area contributed by atoms with Crippen LogP contribution >= 0.6 is 11.6 Å². The van der Waals surface area contributed by atoms with E-state index in [9.17, 15) is 9.59 Å². The molecule has 3 aromatic carbocycles. The molecule has 3 aromatic rings.